The zero-order valence-corrected chi connectivity index (χ0v) is 11.1. The topological polar surface area (TPSA) is 95.9 Å². The van der Waals surface area contributed by atoms with Crippen LogP contribution in [0.4, 0.5) is 4.79 Å². The van der Waals surface area contributed by atoms with Gasteiger partial charge in [-0.15, -0.1) is 0 Å². The van der Waals surface area contributed by atoms with Gasteiger partial charge in [0, 0.05) is 6.42 Å². The summed E-state index contributed by atoms with van der Waals surface area (Å²) < 4.78 is 5.25. The average molecular weight is 290 g/mol. The van der Waals surface area contributed by atoms with Gasteiger partial charge in [-0.2, -0.15) is 0 Å². The number of imide groups is 1. The van der Waals surface area contributed by atoms with Gasteiger partial charge in [0.05, 0.1) is 6.54 Å². The molecule has 2 heterocycles. The number of carbonyl (C=O) groups is 3. The minimum atomic E-state index is -0.683. The maximum atomic E-state index is 11.9. The highest BCUT2D eigenvalue weighted by Gasteiger charge is 2.41. The van der Waals surface area contributed by atoms with E-state index in [1.807, 2.05) is 0 Å². The Kier molecular flexibility index (Phi) is 3.25. The molecule has 0 spiro atoms. The Labute approximate surface area is 120 Å². The number of phenolic OH excluding ortho intramolecular Hbond substituents is 1. The fourth-order valence-electron chi connectivity index (χ4n) is 2.61. The molecule has 0 bridgehead atoms. The smallest absolute Gasteiger partial charge is 0.411 e. The standard InChI is InChI=1S/C14H14N2O5/c17-9-3-1-2-8(6-9)11-7-16(14(20)21-11)10-4-5-12(18)15-13(10)19/h1-3,6,10-11,17H,4-5,7H2,(H,15,18,19)/t10?,11-/m1/s1. The minimum absolute atomic E-state index is 0.0861. The average Bonchev–Trinajstić information content (AvgIpc) is 2.81. The second-order valence-corrected chi connectivity index (χ2v) is 5.09. The molecule has 2 saturated heterocycles. The van der Waals surface area contributed by atoms with Crippen molar-refractivity contribution in [3.8, 4) is 5.75 Å². The van der Waals surface area contributed by atoms with Crippen LogP contribution < -0.4 is 5.32 Å². The lowest BCUT2D eigenvalue weighted by atomic mass is 10.0. The van der Waals surface area contributed by atoms with E-state index in [1.54, 1.807) is 12.1 Å². The van der Waals surface area contributed by atoms with Crippen LogP contribution in [0.3, 0.4) is 0 Å². The van der Waals surface area contributed by atoms with Gasteiger partial charge in [0.25, 0.3) is 0 Å². The Morgan fingerprint density at radius 3 is 2.81 bits per heavy atom. The number of ether oxygens (including phenoxy) is 1. The van der Waals surface area contributed by atoms with Gasteiger partial charge in [0.1, 0.15) is 17.9 Å². The van der Waals surface area contributed by atoms with Crippen LogP contribution in [0.1, 0.15) is 24.5 Å². The molecular formula is C14H14N2O5. The van der Waals surface area contributed by atoms with E-state index in [0.717, 1.165) is 0 Å². The van der Waals surface area contributed by atoms with Gasteiger partial charge in [-0.05, 0) is 24.1 Å². The van der Waals surface area contributed by atoms with Crippen LogP contribution in [-0.2, 0) is 14.3 Å². The summed E-state index contributed by atoms with van der Waals surface area (Å²) in [5, 5.41) is 11.7. The second-order valence-electron chi connectivity index (χ2n) is 5.09. The van der Waals surface area contributed by atoms with Crippen LogP contribution in [0.25, 0.3) is 0 Å². The molecule has 3 amide bonds. The molecule has 1 unspecified atom stereocenters. The lowest BCUT2D eigenvalue weighted by molar-refractivity contribution is -0.136. The molecule has 0 radical (unpaired) electrons. The number of aromatic hydroxyl groups is 1. The van der Waals surface area contributed by atoms with Crippen LogP contribution in [0.15, 0.2) is 24.3 Å². The summed E-state index contributed by atoms with van der Waals surface area (Å²) in [6.45, 7) is 0.217. The highest BCUT2D eigenvalue weighted by molar-refractivity contribution is 6.01. The number of nitrogens with one attached hydrogen (secondary N) is 1. The molecule has 2 aliphatic heterocycles. The van der Waals surface area contributed by atoms with E-state index in [1.165, 1.54) is 17.0 Å². The van der Waals surface area contributed by atoms with Gasteiger partial charge in [-0.1, -0.05) is 12.1 Å². The minimum Gasteiger partial charge on any atom is -0.508 e. The highest BCUT2D eigenvalue weighted by atomic mass is 16.6. The number of nitrogens with zero attached hydrogens (tertiary/aromatic N) is 1. The van der Waals surface area contributed by atoms with Crippen molar-refractivity contribution in [1.29, 1.82) is 0 Å². The van der Waals surface area contributed by atoms with Gasteiger partial charge in [0.15, 0.2) is 0 Å². The zero-order chi connectivity index (χ0) is 15.0. The Morgan fingerprint density at radius 2 is 2.10 bits per heavy atom. The largest absolute Gasteiger partial charge is 0.508 e. The molecule has 7 nitrogen and oxygen atoms in total. The van der Waals surface area contributed by atoms with Crippen molar-refractivity contribution in [3.05, 3.63) is 29.8 Å². The van der Waals surface area contributed by atoms with E-state index in [9.17, 15) is 19.5 Å². The van der Waals surface area contributed by atoms with Crippen molar-refractivity contribution in [3.63, 3.8) is 0 Å². The Bertz CT molecular complexity index is 615. The Morgan fingerprint density at radius 1 is 1.29 bits per heavy atom. The number of benzene rings is 1. The lowest BCUT2D eigenvalue weighted by Gasteiger charge is -2.27. The second kappa shape index (κ2) is 5.08. The normalized spacial score (nSPS) is 25.7. The number of hydrogen-bond acceptors (Lipinski definition) is 5. The molecule has 0 aromatic heterocycles. The van der Waals surface area contributed by atoms with Crippen LogP contribution in [0.2, 0.25) is 0 Å². The van der Waals surface area contributed by atoms with E-state index in [4.69, 9.17) is 4.74 Å². The summed E-state index contributed by atoms with van der Waals surface area (Å²) in [5.74, 6) is -0.712. The SMILES string of the molecule is O=C1CCC(N2C[C@H](c3cccc(O)c3)OC2=O)C(=O)N1. The molecule has 110 valence electrons. The predicted molar refractivity (Wildman–Crippen MR) is 70.2 cm³/mol. The molecule has 1 aromatic carbocycles. The van der Waals surface area contributed by atoms with Gasteiger partial charge in [0.2, 0.25) is 11.8 Å². The molecule has 21 heavy (non-hydrogen) atoms. The summed E-state index contributed by atoms with van der Waals surface area (Å²) in [6.07, 6.45) is -0.614. The number of carbonyl (C=O) groups excluding carboxylic acids is 3. The van der Waals surface area contributed by atoms with Gasteiger partial charge in [-0.3, -0.25) is 19.8 Å². The van der Waals surface area contributed by atoms with Crippen molar-refractivity contribution in [2.75, 3.05) is 6.54 Å². The van der Waals surface area contributed by atoms with Crippen molar-refractivity contribution in [2.45, 2.75) is 25.0 Å². The van der Waals surface area contributed by atoms with Gasteiger partial charge < -0.3 is 9.84 Å². The Hall–Kier alpha value is -2.57. The number of cyclic esters (lactones) is 1. The quantitative estimate of drug-likeness (QED) is 0.781. The summed E-state index contributed by atoms with van der Waals surface area (Å²) in [7, 11) is 0. The number of phenols is 1. The third-order valence-corrected chi connectivity index (χ3v) is 3.67. The van der Waals surface area contributed by atoms with E-state index in [-0.39, 0.29) is 24.6 Å². The van der Waals surface area contributed by atoms with E-state index in [2.05, 4.69) is 5.32 Å². The number of hydrogen-bond donors (Lipinski definition) is 2. The maximum Gasteiger partial charge on any atom is 0.411 e. The predicted octanol–water partition coefficient (Wildman–Crippen LogP) is 0.691. The lowest BCUT2D eigenvalue weighted by Crippen LogP contribution is -2.52. The molecule has 3 rings (SSSR count). The third kappa shape index (κ3) is 2.54. The molecule has 1 aromatic rings. The van der Waals surface area contributed by atoms with E-state index >= 15 is 0 Å². The highest BCUT2D eigenvalue weighted by Crippen LogP contribution is 2.30. The van der Waals surface area contributed by atoms with Gasteiger partial charge in [-0.25, -0.2) is 4.79 Å². The number of piperidine rings is 1. The maximum absolute atomic E-state index is 11.9. The van der Waals surface area contributed by atoms with Crippen molar-refractivity contribution in [2.24, 2.45) is 0 Å². The van der Waals surface area contributed by atoms with Gasteiger partial charge >= 0.3 is 6.09 Å². The monoisotopic (exact) mass is 290 g/mol. The van der Waals surface area contributed by atoms with Crippen LogP contribution in [0, 0.1) is 0 Å². The summed E-state index contributed by atoms with van der Waals surface area (Å²) >= 11 is 0. The number of rotatable bonds is 2. The molecule has 7 heteroatoms. The third-order valence-electron chi connectivity index (χ3n) is 3.67. The van der Waals surface area contributed by atoms with Crippen molar-refractivity contribution < 1.29 is 24.2 Å². The molecule has 0 saturated carbocycles. The summed E-state index contributed by atoms with van der Waals surface area (Å²) in [6, 6.07) is 5.76. The van der Waals surface area contributed by atoms with Crippen molar-refractivity contribution in [1.82, 2.24) is 10.2 Å². The first-order valence-corrected chi connectivity index (χ1v) is 6.64. The van der Waals surface area contributed by atoms with E-state index < -0.39 is 24.1 Å². The number of amides is 3. The first-order valence-electron chi connectivity index (χ1n) is 6.64. The van der Waals surface area contributed by atoms with Crippen LogP contribution >= 0.6 is 0 Å². The first kappa shape index (κ1) is 13.4. The zero-order valence-electron chi connectivity index (χ0n) is 11.1. The fraction of sp³-hybridized carbons (Fsp3) is 0.357. The van der Waals surface area contributed by atoms with Crippen LogP contribution in [0.5, 0.6) is 5.75 Å². The molecule has 2 N–H and O–H groups in total. The van der Waals surface area contributed by atoms with Crippen molar-refractivity contribution >= 4 is 17.9 Å². The Balaban J connectivity index is 1.76. The molecular weight excluding hydrogens is 276 g/mol. The summed E-state index contributed by atoms with van der Waals surface area (Å²) in [4.78, 5) is 36.2. The molecule has 2 fully saturated rings. The molecule has 0 aliphatic carbocycles. The first-order chi connectivity index (χ1) is 10.0. The van der Waals surface area contributed by atoms with E-state index in [0.29, 0.717) is 12.0 Å². The molecule has 2 atom stereocenters. The summed E-state index contributed by atoms with van der Waals surface area (Å²) in [5.41, 5.74) is 0.665. The van der Waals surface area contributed by atoms with Crippen LogP contribution in [-0.4, -0.2) is 40.5 Å². The fourth-order valence-corrected chi connectivity index (χ4v) is 2.61. The molecule has 2 aliphatic rings.